The van der Waals surface area contributed by atoms with E-state index in [0.29, 0.717) is 0 Å². The third kappa shape index (κ3) is 3.02. The van der Waals surface area contributed by atoms with Crippen molar-refractivity contribution in [1.29, 1.82) is 0 Å². The number of hydrogen-bond acceptors (Lipinski definition) is 2. The van der Waals surface area contributed by atoms with Crippen molar-refractivity contribution in [3.8, 4) is 0 Å². The van der Waals surface area contributed by atoms with Gasteiger partial charge in [-0.05, 0) is 48.4 Å². The lowest BCUT2D eigenvalue weighted by Gasteiger charge is -2.11. The second kappa shape index (κ2) is 6.55. The number of benzene rings is 2. The summed E-state index contributed by atoms with van der Waals surface area (Å²) in [6.07, 6.45) is 1.96. The SMILES string of the molecule is CCCc1c(C(=O)Nc2c(C)cccc2C)sc2ccccc12. The molecule has 0 saturated heterocycles. The van der Waals surface area contributed by atoms with Gasteiger partial charge in [0.15, 0.2) is 0 Å². The van der Waals surface area contributed by atoms with Crippen LogP contribution in [-0.2, 0) is 6.42 Å². The number of aryl methyl sites for hydroxylation is 3. The molecule has 1 amide bonds. The van der Waals surface area contributed by atoms with Crippen molar-refractivity contribution >= 4 is 33.0 Å². The number of fused-ring (bicyclic) bond motifs is 1. The van der Waals surface area contributed by atoms with Crippen molar-refractivity contribution in [1.82, 2.24) is 0 Å². The summed E-state index contributed by atoms with van der Waals surface area (Å²) in [7, 11) is 0. The third-order valence-electron chi connectivity index (χ3n) is 4.12. The van der Waals surface area contributed by atoms with Crippen molar-refractivity contribution in [2.45, 2.75) is 33.6 Å². The molecule has 0 spiro atoms. The molecule has 118 valence electrons. The van der Waals surface area contributed by atoms with Crippen molar-refractivity contribution < 1.29 is 4.79 Å². The van der Waals surface area contributed by atoms with Crippen LogP contribution in [0.5, 0.6) is 0 Å². The van der Waals surface area contributed by atoms with E-state index < -0.39 is 0 Å². The lowest BCUT2D eigenvalue weighted by molar-refractivity contribution is 0.102. The first-order chi connectivity index (χ1) is 11.1. The number of carbonyl (C=O) groups excluding carboxylic acids is 1. The van der Waals surface area contributed by atoms with Gasteiger partial charge in [-0.2, -0.15) is 0 Å². The number of anilines is 1. The molecule has 1 N–H and O–H groups in total. The van der Waals surface area contributed by atoms with Crippen LogP contribution in [0.4, 0.5) is 5.69 Å². The van der Waals surface area contributed by atoms with Gasteiger partial charge >= 0.3 is 0 Å². The molecule has 0 aliphatic carbocycles. The van der Waals surface area contributed by atoms with E-state index in [4.69, 9.17) is 0 Å². The average molecular weight is 323 g/mol. The van der Waals surface area contributed by atoms with Gasteiger partial charge in [-0.1, -0.05) is 49.7 Å². The molecule has 3 heteroatoms. The Morgan fingerprint density at radius 1 is 1.04 bits per heavy atom. The minimum absolute atomic E-state index is 0.00653. The number of rotatable bonds is 4. The van der Waals surface area contributed by atoms with Crippen LogP contribution in [0.3, 0.4) is 0 Å². The van der Waals surface area contributed by atoms with E-state index in [1.807, 2.05) is 44.2 Å². The number of nitrogens with one attached hydrogen (secondary N) is 1. The summed E-state index contributed by atoms with van der Waals surface area (Å²) in [6, 6.07) is 14.4. The molecule has 2 aromatic carbocycles. The van der Waals surface area contributed by atoms with Gasteiger partial charge in [0.2, 0.25) is 0 Å². The summed E-state index contributed by atoms with van der Waals surface area (Å²) in [5, 5.41) is 4.34. The summed E-state index contributed by atoms with van der Waals surface area (Å²) in [6.45, 7) is 6.21. The van der Waals surface area contributed by atoms with Gasteiger partial charge in [0.1, 0.15) is 0 Å². The van der Waals surface area contributed by atoms with E-state index in [1.54, 1.807) is 11.3 Å². The highest BCUT2D eigenvalue weighted by Gasteiger charge is 2.18. The Balaban J connectivity index is 2.02. The summed E-state index contributed by atoms with van der Waals surface area (Å²) in [5.74, 6) is 0.00653. The van der Waals surface area contributed by atoms with Crippen LogP contribution in [0.15, 0.2) is 42.5 Å². The predicted octanol–water partition coefficient (Wildman–Crippen LogP) is 5.72. The molecule has 1 aromatic heterocycles. The van der Waals surface area contributed by atoms with E-state index in [0.717, 1.165) is 34.5 Å². The zero-order valence-electron chi connectivity index (χ0n) is 13.8. The topological polar surface area (TPSA) is 29.1 Å². The monoisotopic (exact) mass is 323 g/mol. The molecule has 3 rings (SSSR count). The van der Waals surface area contributed by atoms with Crippen LogP contribution in [0, 0.1) is 13.8 Å². The number of hydrogen-bond donors (Lipinski definition) is 1. The molecule has 2 nitrogen and oxygen atoms in total. The number of para-hydroxylation sites is 1. The van der Waals surface area contributed by atoms with Crippen LogP contribution >= 0.6 is 11.3 Å². The first-order valence-electron chi connectivity index (χ1n) is 7.99. The Kier molecular flexibility index (Phi) is 4.49. The maximum absolute atomic E-state index is 12.9. The number of thiophene rings is 1. The van der Waals surface area contributed by atoms with Gasteiger partial charge in [0.05, 0.1) is 4.88 Å². The molecule has 0 saturated carbocycles. The molecule has 3 aromatic rings. The maximum atomic E-state index is 12.9. The molecular weight excluding hydrogens is 302 g/mol. The van der Waals surface area contributed by atoms with E-state index in [-0.39, 0.29) is 5.91 Å². The highest BCUT2D eigenvalue weighted by molar-refractivity contribution is 7.21. The normalized spacial score (nSPS) is 10.9. The quantitative estimate of drug-likeness (QED) is 0.653. The lowest BCUT2D eigenvalue weighted by Crippen LogP contribution is -2.14. The van der Waals surface area contributed by atoms with E-state index in [2.05, 4.69) is 24.4 Å². The largest absolute Gasteiger partial charge is 0.321 e. The van der Waals surface area contributed by atoms with Crippen LogP contribution in [0.25, 0.3) is 10.1 Å². The molecule has 0 radical (unpaired) electrons. The van der Waals surface area contributed by atoms with E-state index in [1.165, 1.54) is 15.6 Å². The lowest BCUT2D eigenvalue weighted by atomic mass is 10.0. The van der Waals surface area contributed by atoms with Crippen LogP contribution in [0.2, 0.25) is 0 Å². The average Bonchev–Trinajstić information content (AvgIpc) is 2.90. The van der Waals surface area contributed by atoms with Crippen LogP contribution in [-0.4, -0.2) is 5.91 Å². The number of carbonyl (C=O) groups is 1. The van der Waals surface area contributed by atoms with Crippen molar-refractivity contribution in [3.63, 3.8) is 0 Å². The molecule has 0 atom stereocenters. The van der Waals surface area contributed by atoms with Gasteiger partial charge in [-0.15, -0.1) is 11.3 Å². The number of amides is 1. The first-order valence-corrected chi connectivity index (χ1v) is 8.81. The summed E-state index contributed by atoms with van der Waals surface area (Å²) in [4.78, 5) is 13.7. The molecule has 0 bridgehead atoms. The molecule has 0 unspecified atom stereocenters. The second-order valence-electron chi connectivity index (χ2n) is 5.88. The Hall–Kier alpha value is -2.13. The fourth-order valence-corrected chi connectivity index (χ4v) is 4.11. The van der Waals surface area contributed by atoms with Gasteiger partial charge < -0.3 is 5.32 Å². The van der Waals surface area contributed by atoms with Crippen molar-refractivity contribution in [2.75, 3.05) is 5.32 Å². The maximum Gasteiger partial charge on any atom is 0.266 e. The molecule has 23 heavy (non-hydrogen) atoms. The summed E-state index contributed by atoms with van der Waals surface area (Å²) >= 11 is 1.59. The Morgan fingerprint density at radius 2 is 1.74 bits per heavy atom. The second-order valence-corrected chi connectivity index (χ2v) is 6.93. The molecule has 1 heterocycles. The van der Waals surface area contributed by atoms with Crippen LogP contribution < -0.4 is 5.32 Å². The predicted molar refractivity (Wildman–Crippen MR) is 99.7 cm³/mol. The molecule has 0 fully saturated rings. The fraction of sp³-hybridized carbons (Fsp3) is 0.250. The van der Waals surface area contributed by atoms with E-state index >= 15 is 0 Å². The standard InChI is InChI=1S/C20H21NOS/c1-4-8-16-15-11-5-6-12-17(15)23-19(16)20(22)21-18-13(2)9-7-10-14(18)3/h5-7,9-12H,4,8H2,1-3H3,(H,21,22). The zero-order chi connectivity index (χ0) is 16.4. The Labute approximate surface area is 141 Å². The van der Waals surface area contributed by atoms with E-state index in [9.17, 15) is 4.79 Å². The Bertz CT molecular complexity index is 843. The van der Waals surface area contributed by atoms with Gasteiger partial charge in [-0.3, -0.25) is 4.79 Å². The minimum atomic E-state index is 0.00653. The van der Waals surface area contributed by atoms with Crippen molar-refractivity contribution in [2.24, 2.45) is 0 Å². The van der Waals surface area contributed by atoms with Crippen LogP contribution in [0.1, 0.15) is 39.7 Å². The molecular formula is C20H21NOS. The minimum Gasteiger partial charge on any atom is -0.321 e. The summed E-state index contributed by atoms with van der Waals surface area (Å²) in [5.41, 5.74) is 4.29. The fourth-order valence-electron chi connectivity index (χ4n) is 2.96. The van der Waals surface area contributed by atoms with Gasteiger partial charge in [0.25, 0.3) is 5.91 Å². The highest BCUT2D eigenvalue weighted by Crippen LogP contribution is 2.33. The summed E-state index contributed by atoms with van der Waals surface area (Å²) < 4.78 is 1.18. The third-order valence-corrected chi connectivity index (χ3v) is 5.34. The van der Waals surface area contributed by atoms with Gasteiger partial charge in [0, 0.05) is 10.4 Å². The first kappa shape index (κ1) is 15.8. The Morgan fingerprint density at radius 3 is 2.43 bits per heavy atom. The highest BCUT2D eigenvalue weighted by atomic mass is 32.1. The smallest absolute Gasteiger partial charge is 0.266 e. The van der Waals surface area contributed by atoms with Gasteiger partial charge in [-0.25, -0.2) is 0 Å². The van der Waals surface area contributed by atoms with Crippen molar-refractivity contribution in [3.05, 3.63) is 64.0 Å². The zero-order valence-corrected chi connectivity index (χ0v) is 14.6. The molecule has 0 aliphatic rings. The molecule has 0 aliphatic heterocycles.